The maximum absolute atomic E-state index is 11.6. The lowest BCUT2D eigenvalue weighted by Gasteiger charge is -2.33. The maximum atomic E-state index is 11.6. The van der Waals surface area contributed by atoms with Crippen LogP contribution in [0.1, 0.15) is 51.5 Å². The van der Waals surface area contributed by atoms with Crippen molar-refractivity contribution in [2.75, 3.05) is 24.6 Å². The van der Waals surface area contributed by atoms with E-state index in [0.29, 0.717) is 24.9 Å². The van der Waals surface area contributed by atoms with Crippen LogP contribution in [0.4, 0.5) is 5.82 Å². The van der Waals surface area contributed by atoms with Gasteiger partial charge in [-0.25, -0.2) is 4.98 Å². The highest BCUT2D eigenvalue weighted by atomic mass is 79.9. The van der Waals surface area contributed by atoms with E-state index in [4.69, 9.17) is 4.74 Å². The SMILES string of the molecule is CCOC(=O)CC1CCC(CN(CC)c2ncc(Br)cc2CO)CC1. The summed E-state index contributed by atoms with van der Waals surface area (Å²) in [5.74, 6) is 1.88. The van der Waals surface area contributed by atoms with Crippen LogP contribution in [0.3, 0.4) is 0 Å². The zero-order chi connectivity index (χ0) is 18.2. The van der Waals surface area contributed by atoms with Gasteiger partial charge in [-0.3, -0.25) is 4.79 Å². The van der Waals surface area contributed by atoms with Crippen LogP contribution in [0.15, 0.2) is 16.7 Å². The van der Waals surface area contributed by atoms with E-state index in [1.165, 1.54) is 0 Å². The van der Waals surface area contributed by atoms with E-state index in [-0.39, 0.29) is 12.6 Å². The lowest BCUT2D eigenvalue weighted by Crippen LogP contribution is -2.33. The van der Waals surface area contributed by atoms with Crippen molar-refractivity contribution in [3.05, 3.63) is 22.3 Å². The fourth-order valence-corrected chi connectivity index (χ4v) is 4.00. The molecular formula is C19H29BrN2O3. The number of nitrogens with zero attached hydrogens (tertiary/aromatic N) is 2. The van der Waals surface area contributed by atoms with Gasteiger partial charge in [0.2, 0.25) is 0 Å². The Balaban J connectivity index is 1.90. The van der Waals surface area contributed by atoms with Crippen LogP contribution in [0.2, 0.25) is 0 Å². The molecule has 5 nitrogen and oxygen atoms in total. The molecule has 1 aliphatic carbocycles. The third-order valence-corrected chi connectivity index (χ3v) is 5.40. The van der Waals surface area contributed by atoms with Gasteiger partial charge >= 0.3 is 5.97 Å². The molecule has 140 valence electrons. The van der Waals surface area contributed by atoms with E-state index in [2.05, 4.69) is 32.7 Å². The zero-order valence-electron chi connectivity index (χ0n) is 15.2. The Kier molecular flexibility index (Phi) is 8.16. The number of aromatic nitrogens is 1. The number of pyridine rings is 1. The van der Waals surface area contributed by atoms with E-state index < -0.39 is 0 Å². The summed E-state index contributed by atoms with van der Waals surface area (Å²) in [6, 6.07) is 1.93. The summed E-state index contributed by atoms with van der Waals surface area (Å²) in [6.45, 7) is 6.24. The molecule has 1 heterocycles. The predicted octanol–water partition coefficient (Wildman–Crippen LogP) is 3.92. The minimum absolute atomic E-state index is 0.00937. The van der Waals surface area contributed by atoms with Crippen molar-refractivity contribution in [2.45, 2.75) is 52.6 Å². The molecule has 1 saturated carbocycles. The second-order valence-corrected chi connectivity index (χ2v) is 7.64. The summed E-state index contributed by atoms with van der Waals surface area (Å²) in [5, 5.41) is 9.62. The molecule has 0 aromatic carbocycles. The summed E-state index contributed by atoms with van der Waals surface area (Å²) in [4.78, 5) is 18.4. The van der Waals surface area contributed by atoms with Gasteiger partial charge in [-0.2, -0.15) is 0 Å². The van der Waals surface area contributed by atoms with Gasteiger partial charge in [0.05, 0.1) is 13.2 Å². The molecule has 0 bridgehead atoms. The van der Waals surface area contributed by atoms with Gasteiger partial charge in [-0.05, 0) is 73.4 Å². The van der Waals surface area contributed by atoms with Crippen LogP contribution in [-0.4, -0.2) is 35.8 Å². The van der Waals surface area contributed by atoms with E-state index in [0.717, 1.165) is 54.6 Å². The summed E-state index contributed by atoms with van der Waals surface area (Å²) < 4.78 is 5.95. The smallest absolute Gasteiger partial charge is 0.306 e. The molecule has 0 atom stereocenters. The molecule has 1 N–H and O–H groups in total. The number of halogens is 1. The van der Waals surface area contributed by atoms with Crippen molar-refractivity contribution in [3.8, 4) is 0 Å². The van der Waals surface area contributed by atoms with Crippen LogP contribution >= 0.6 is 15.9 Å². The lowest BCUT2D eigenvalue weighted by atomic mass is 9.80. The highest BCUT2D eigenvalue weighted by Crippen LogP contribution is 2.33. The quantitative estimate of drug-likeness (QED) is 0.655. The fourth-order valence-electron chi connectivity index (χ4n) is 3.63. The van der Waals surface area contributed by atoms with Gasteiger partial charge in [-0.15, -0.1) is 0 Å². The number of esters is 1. The average molecular weight is 413 g/mol. The molecule has 0 spiro atoms. The normalized spacial score (nSPS) is 20.3. The Labute approximate surface area is 158 Å². The highest BCUT2D eigenvalue weighted by Gasteiger charge is 2.25. The average Bonchev–Trinajstić information content (AvgIpc) is 2.61. The van der Waals surface area contributed by atoms with Crippen molar-refractivity contribution in [1.82, 2.24) is 4.98 Å². The van der Waals surface area contributed by atoms with Crippen molar-refractivity contribution in [1.29, 1.82) is 0 Å². The van der Waals surface area contributed by atoms with Crippen molar-refractivity contribution < 1.29 is 14.6 Å². The van der Waals surface area contributed by atoms with E-state index in [1.54, 1.807) is 6.20 Å². The second kappa shape index (κ2) is 10.1. The number of aliphatic hydroxyl groups excluding tert-OH is 1. The molecule has 0 aliphatic heterocycles. The number of hydrogen-bond donors (Lipinski definition) is 1. The zero-order valence-corrected chi connectivity index (χ0v) is 16.8. The monoisotopic (exact) mass is 412 g/mol. The molecule has 1 aromatic rings. The number of carbonyl (C=O) groups excluding carboxylic acids is 1. The third-order valence-electron chi connectivity index (χ3n) is 4.97. The van der Waals surface area contributed by atoms with Gasteiger partial charge < -0.3 is 14.7 Å². The third kappa shape index (κ3) is 5.96. The second-order valence-electron chi connectivity index (χ2n) is 6.73. The van der Waals surface area contributed by atoms with E-state index in [1.807, 2.05) is 13.0 Å². The number of ether oxygens (including phenoxy) is 1. The molecule has 1 aliphatic rings. The first-order valence-electron chi connectivity index (χ1n) is 9.23. The Morgan fingerprint density at radius 3 is 2.60 bits per heavy atom. The molecule has 2 rings (SSSR count). The molecule has 0 radical (unpaired) electrons. The summed E-state index contributed by atoms with van der Waals surface area (Å²) in [7, 11) is 0. The topological polar surface area (TPSA) is 62.7 Å². The lowest BCUT2D eigenvalue weighted by molar-refractivity contribution is -0.144. The summed E-state index contributed by atoms with van der Waals surface area (Å²) in [6.07, 6.45) is 6.77. The molecule has 0 saturated heterocycles. The minimum atomic E-state index is -0.0622. The van der Waals surface area contributed by atoms with Crippen LogP contribution in [0.25, 0.3) is 0 Å². The highest BCUT2D eigenvalue weighted by molar-refractivity contribution is 9.10. The number of aliphatic hydroxyl groups is 1. The minimum Gasteiger partial charge on any atom is -0.466 e. The first-order valence-corrected chi connectivity index (χ1v) is 10.0. The molecule has 0 unspecified atom stereocenters. The number of carbonyl (C=O) groups is 1. The van der Waals surface area contributed by atoms with Crippen molar-refractivity contribution >= 4 is 27.7 Å². The maximum Gasteiger partial charge on any atom is 0.306 e. The van der Waals surface area contributed by atoms with Gasteiger partial charge in [0, 0.05) is 35.7 Å². The van der Waals surface area contributed by atoms with Crippen molar-refractivity contribution in [2.24, 2.45) is 11.8 Å². The Bertz CT molecular complexity index is 560. The number of anilines is 1. The van der Waals surface area contributed by atoms with Crippen LogP contribution in [0.5, 0.6) is 0 Å². The van der Waals surface area contributed by atoms with Gasteiger partial charge in [-0.1, -0.05) is 0 Å². The van der Waals surface area contributed by atoms with Crippen LogP contribution in [0, 0.1) is 11.8 Å². The molecule has 25 heavy (non-hydrogen) atoms. The Morgan fingerprint density at radius 1 is 1.32 bits per heavy atom. The van der Waals surface area contributed by atoms with Crippen LogP contribution in [-0.2, 0) is 16.1 Å². The first-order chi connectivity index (χ1) is 12.1. The summed E-state index contributed by atoms with van der Waals surface area (Å²) in [5.41, 5.74) is 0.854. The molecule has 0 amide bonds. The number of rotatable bonds is 8. The van der Waals surface area contributed by atoms with Crippen molar-refractivity contribution in [3.63, 3.8) is 0 Å². The molecule has 6 heteroatoms. The van der Waals surface area contributed by atoms with E-state index in [9.17, 15) is 9.90 Å². The predicted molar refractivity (Wildman–Crippen MR) is 102 cm³/mol. The standard InChI is InChI=1S/C19H29BrN2O3/c1-3-22(19-16(13-23)10-17(20)11-21-19)12-15-7-5-14(6-8-15)9-18(24)25-4-2/h10-11,14-15,23H,3-9,12-13H2,1-2H3. The molecule has 1 aromatic heterocycles. The van der Waals surface area contributed by atoms with Gasteiger partial charge in [0.15, 0.2) is 0 Å². The Hall–Kier alpha value is -1.14. The molecular weight excluding hydrogens is 384 g/mol. The largest absolute Gasteiger partial charge is 0.466 e. The van der Waals surface area contributed by atoms with Crippen LogP contribution < -0.4 is 4.90 Å². The first kappa shape index (κ1) is 20.2. The van der Waals surface area contributed by atoms with E-state index >= 15 is 0 Å². The Morgan fingerprint density at radius 2 is 2.00 bits per heavy atom. The summed E-state index contributed by atoms with van der Waals surface area (Å²) >= 11 is 3.41. The number of hydrogen-bond acceptors (Lipinski definition) is 5. The molecule has 1 fully saturated rings. The fraction of sp³-hybridized carbons (Fsp3) is 0.684. The van der Waals surface area contributed by atoms with Gasteiger partial charge in [0.25, 0.3) is 0 Å². The van der Waals surface area contributed by atoms with Gasteiger partial charge in [0.1, 0.15) is 5.82 Å².